The summed E-state index contributed by atoms with van der Waals surface area (Å²) < 4.78 is 5.67. The Morgan fingerprint density at radius 3 is 2.87 bits per heavy atom. The third kappa shape index (κ3) is 1.40. The van der Waals surface area contributed by atoms with Crippen molar-refractivity contribution in [1.82, 2.24) is 0 Å². The topological polar surface area (TPSA) is 33.5 Å². The highest BCUT2D eigenvalue weighted by atomic mass is 16.4. The fourth-order valence-corrected chi connectivity index (χ4v) is 1.94. The molecule has 0 spiro atoms. The lowest BCUT2D eigenvalue weighted by Gasteiger charge is -2.11. The van der Waals surface area contributed by atoms with Crippen LogP contribution in [-0.4, -0.2) is 18.9 Å². The van der Waals surface area contributed by atoms with Crippen LogP contribution in [0.3, 0.4) is 0 Å². The van der Waals surface area contributed by atoms with Crippen molar-refractivity contribution in [2.75, 3.05) is 18.0 Å². The summed E-state index contributed by atoms with van der Waals surface area (Å²) in [4.78, 5) is 13.1. The van der Waals surface area contributed by atoms with Gasteiger partial charge in [-0.25, -0.2) is 0 Å². The normalized spacial score (nSPS) is 16.5. The number of Topliss-reactive ketones (excluding diaryl/α,β-unsaturated/α-hetero) is 1. The summed E-state index contributed by atoms with van der Waals surface area (Å²) >= 11 is 0. The monoisotopic (exact) mass is 201 g/mol. The minimum Gasteiger partial charge on any atom is -0.441 e. The maximum atomic E-state index is 11.2. The number of hydrogen-bond donors (Lipinski definition) is 0. The Morgan fingerprint density at radius 2 is 2.13 bits per heavy atom. The highest BCUT2D eigenvalue weighted by Crippen LogP contribution is 2.27. The summed E-state index contributed by atoms with van der Waals surface area (Å²) in [5, 5.41) is 1.09. The number of carbonyl (C=O) groups excluding carboxylic acids is 1. The molecule has 1 aromatic heterocycles. The van der Waals surface area contributed by atoms with E-state index in [1.54, 1.807) is 0 Å². The zero-order valence-corrected chi connectivity index (χ0v) is 8.27. The van der Waals surface area contributed by atoms with E-state index in [0.717, 1.165) is 23.4 Å². The standard InChI is InChI=1S/C12H11NO2/c14-10-5-6-13(8-10)12-7-9-3-1-2-4-11(9)15-12/h1-4,7H,5-6,8H2. The number of anilines is 1. The lowest BCUT2D eigenvalue weighted by molar-refractivity contribution is -0.116. The van der Waals surface area contributed by atoms with Gasteiger partial charge in [-0.2, -0.15) is 0 Å². The molecule has 76 valence electrons. The summed E-state index contributed by atoms with van der Waals surface area (Å²) in [6.45, 7) is 1.26. The Kier molecular flexibility index (Phi) is 1.78. The molecule has 1 aliphatic rings. The first-order valence-electron chi connectivity index (χ1n) is 5.08. The van der Waals surface area contributed by atoms with Gasteiger partial charge in [0.05, 0.1) is 6.54 Å². The molecule has 3 heteroatoms. The molecule has 0 bridgehead atoms. The van der Waals surface area contributed by atoms with Gasteiger partial charge in [-0.15, -0.1) is 0 Å². The Balaban J connectivity index is 2.01. The number of furan rings is 1. The predicted octanol–water partition coefficient (Wildman–Crippen LogP) is 2.21. The van der Waals surface area contributed by atoms with Crippen molar-refractivity contribution in [3.05, 3.63) is 30.3 Å². The number of fused-ring (bicyclic) bond motifs is 1. The van der Waals surface area contributed by atoms with Gasteiger partial charge in [0.15, 0.2) is 11.7 Å². The van der Waals surface area contributed by atoms with Crippen LogP contribution < -0.4 is 4.90 Å². The smallest absolute Gasteiger partial charge is 0.197 e. The molecular formula is C12H11NO2. The van der Waals surface area contributed by atoms with Crippen LogP contribution in [-0.2, 0) is 4.79 Å². The van der Waals surface area contributed by atoms with Gasteiger partial charge in [-0.1, -0.05) is 18.2 Å². The maximum Gasteiger partial charge on any atom is 0.197 e. The quantitative estimate of drug-likeness (QED) is 0.709. The van der Waals surface area contributed by atoms with E-state index in [1.165, 1.54) is 0 Å². The molecule has 0 atom stereocenters. The van der Waals surface area contributed by atoms with Crippen molar-refractivity contribution in [2.45, 2.75) is 6.42 Å². The molecule has 2 heterocycles. The summed E-state index contributed by atoms with van der Waals surface area (Å²) in [6.07, 6.45) is 0.636. The minimum absolute atomic E-state index is 0.287. The Labute approximate surface area is 87.3 Å². The van der Waals surface area contributed by atoms with Crippen molar-refractivity contribution in [2.24, 2.45) is 0 Å². The van der Waals surface area contributed by atoms with Gasteiger partial charge in [0, 0.05) is 24.4 Å². The lowest BCUT2D eigenvalue weighted by Crippen LogP contribution is -2.18. The largest absolute Gasteiger partial charge is 0.441 e. The number of nitrogens with zero attached hydrogens (tertiary/aromatic N) is 1. The summed E-state index contributed by atoms with van der Waals surface area (Å²) in [5.74, 6) is 1.09. The summed E-state index contributed by atoms with van der Waals surface area (Å²) in [5.41, 5.74) is 0.881. The number of para-hydroxylation sites is 1. The predicted molar refractivity (Wildman–Crippen MR) is 58.1 cm³/mol. The van der Waals surface area contributed by atoms with Crippen LogP contribution in [0.15, 0.2) is 34.7 Å². The average Bonchev–Trinajstić information content (AvgIpc) is 2.82. The summed E-state index contributed by atoms with van der Waals surface area (Å²) in [6, 6.07) is 9.88. The first kappa shape index (κ1) is 8.53. The zero-order chi connectivity index (χ0) is 10.3. The minimum atomic E-state index is 0.287. The van der Waals surface area contributed by atoms with Crippen LogP contribution >= 0.6 is 0 Å². The Morgan fingerprint density at radius 1 is 1.27 bits per heavy atom. The molecule has 0 radical (unpaired) electrons. The Bertz CT molecular complexity index is 482. The maximum absolute atomic E-state index is 11.2. The number of hydrogen-bond acceptors (Lipinski definition) is 3. The second-order valence-corrected chi connectivity index (χ2v) is 3.83. The molecule has 3 rings (SSSR count). The SMILES string of the molecule is O=C1CCN(c2cc3ccccc3o2)C1. The van der Waals surface area contributed by atoms with E-state index in [-0.39, 0.29) is 5.78 Å². The molecule has 0 N–H and O–H groups in total. The fraction of sp³-hybridized carbons (Fsp3) is 0.250. The van der Waals surface area contributed by atoms with Gasteiger partial charge in [0.2, 0.25) is 0 Å². The first-order chi connectivity index (χ1) is 7.33. The molecule has 1 aromatic carbocycles. The van der Waals surface area contributed by atoms with Crippen LogP contribution in [0.5, 0.6) is 0 Å². The second kappa shape index (κ2) is 3.12. The number of ketones is 1. The summed E-state index contributed by atoms with van der Waals surface area (Å²) in [7, 11) is 0. The molecule has 0 saturated carbocycles. The van der Waals surface area contributed by atoms with Crippen molar-refractivity contribution in [1.29, 1.82) is 0 Å². The second-order valence-electron chi connectivity index (χ2n) is 3.83. The van der Waals surface area contributed by atoms with E-state index < -0.39 is 0 Å². The first-order valence-corrected chi connectivity index (χ1v) is 5.08. The van der Waals surface area contributed by atoms with E-state index in [1.807, 2.05) is 35.2 Å². The highest BCUT2D eigenvalue weighted by Gasteiger charge is 2.21. The van der Waals surface area contributed by atoms with Crippen LogP contribution in [0.4, 0.5) is 5.88 Å². The fourth-order valence-electron chi connectivity index (χ4n) is 1.94. The van der Waals surface area contributed by atoms with Gasteiger partial charge in [0.1, 0.15) is 5.58 Å². The average molecular weight is 201 g/mol. The van der Waals surface area contributed by atoms with Crippen LogP contribution in [0.25, 0.3) is 11.0 Å². The molecule has 2 aromatic rings. The highest BCUT2D eigenvalue weighted by molar-refractivity contribution is 5.88. The molecule has 0 unspecified atom stereocenters. The van der Waals surface area contributed by atoms with E-state index in [2.05, 4.69) is 0 Å². The van der Waals surface area contributed by atoms with Crippen molar-refractivity contribution in [3.63, 3.8) is 0 Å². The van der Waals surface area contributed by atoms with Gasteiger partial charge >= 0.3 is 0 Å². The number of benzene rings is 1. The van der Waals surface area contributed by atoms with E-state index in [4.69, 9.17) is 4.42 Å². The van der Waals surface area contributed by atoms with Crippen LogP contribution in [0, 0.1) is 0 Å². The molecule has 0 amide bonds. The number of rotatable bonds is 1. The third-order valence-electron chi connectivity index (χ3n) is 2.75. The molecule has 1 aliphatic heterocycles. The molecule has 3 nitrogen and oxygen atoms in total. The molecule has 15 heavy (non-hydrogen) atoms. The molecule has 1 fully saturated rings. The van der Waals surface area contributed by atoms with Gasteiger partial charge in [-0.3, -0.25) is 4.79 Å². The zero-order valence-electron chi connectivity index (χ0n) is 8.27. The lowest BCUT2D eigenvalue weighted by atomic mass is 10.3. The van der Waals surface area contributed by atoms with Crippen molar-refractivity contribution < 1.29 is 9.21 Å². The number of carbonyl (C=O) groups is 1. The Hall–Kier alpha value is -1.77. The van der Waals surface area contributed by atoms with Crippen molar-refractivity contribution in [3.8, 4) is 0 Å². The van der Waals surface area contributed by atoms with Gasteiger partial charge < -0.3 is 9.32 Å². The molecule has 0 aliphatic carbocycles. The third-order valence-corrected chi connectivity index (χ3v) is 2.75. The van der Waals surface area contributed by atoms with Gasteiger partial charge in [0.25, 0.3) is 0 Å². The molecule has 1 saturated heterocycles. The van der Waals surface area contributed by atoms with E-state index in [9.17, 15) is 4.79 Å². The van der Waals surface area contributed by atoms with Crippen LogP contribution in [0.2, 0.25) is 0 Å². The molecular weight excluding hydrogens is 190 g/mol. The van der Waals surface area contributed by atoms with Crippen LogP contribution in [0.1, 0.15) is 6.42 Å². The van der Waals surface area contributed by atoms with Gasteiger partial charge in [-0.05, 0) is 6.07 Å². The van der Waals surface area contributed by atoms with Crippen molar-refractivity contribution >= 4 is 22.6 Å². The van der Waals surface area contributed by atoms with E-state index in [0.29, 0.717) is 13.0 Å². The van der Waals surface area contributed by atoms with E-state index >= 15 is 0 Å².